The Morgan fingerprint density at radius 2 is 0.746 bits per heavy atom. The highest BCUT2D eigenvalue weighted by molar-refractivity contribution is 6.88. The average Bonchev–Trinajstić information content (AvgIpc) is 3.60. The van der Waals surface area contributed by atoms with Gasteiger partial charge in [0.15, 0.2) is 17.5 Å². The summed E-state index contributed by atoms with van der Waals surface area (Å²) in [5.41, 5.74) is 14.5. The molecule has 0 unspecified atom stereocenters. The van der Waals surface area contributed by atoms with Gasteiger partial charge in [-0.15, -0.1) is 0 Å². The zero-order chi connectivity index (χ0) is 40.0. The second kappa shape index (κ2) is 14.7. The lowest BCUT2D eigenvalue weighted by Crippen LogP contribution is -2.37. The van der Waals surface area contributed by atoms with E-state index in [2.05, 4.69) is 220 Å². The number of hydrogen-bond donors (Lipinski definition) is 0. The first-order valence-electron chi connectivity index (χ1n) is 20.4. The van der Waals surface area contributed by atoms with Crippen molar-refractivity contribution in [3.8, 4) is 67.5 Å². The van der Waals surface area contributed by atoms with Crippen LogP contribution in [0.5, 0.6) is 0 Å². The van der Waals surface area contributed by atoms with E-state index in [0.29, 0.717) is 17.5 Å². The average molecular weight is 774 g/mol. The highest BCUT2D eigenvalue weighted by Crippen LogP contribution is 2.56. The fraction of sp³-hybridized carbons (Fsp3) is 0.0727. The molecule has 0 spiro atoms. The van der Waals surface area contributed by atoms with Crippen molar-refractivity contribution in [3.05, 3.63) is 229 Å². The number of aromatic nitrogens is 3. The van der Waals surface area contributed by atoms with Crippen molar-refractivity contribution in [2.45, 2.75) is 25.1 Å². The number of hydrogen-bond acceptors (Lipinski definition) is 3. The van der Waals surface area contributed by atoms with Crippen molar-refractivity contribution < 1.29 is 0 Å². The lowest BCUT2D eigenvalue weighted by Gasteiger charge is -2.34. The third kappa shape index (κ3) is 6.52. The van der Waals surface area contributed by atoms with Gasteiger partial charge in [-0.25, -0.2) is 15.0 Å². The minimum atomic E-state index is -1.49. The number of rotatable bonds is 8. The van der Waals surface area contributed by atoms with E-state index in [1.165, 1.54) is 38.6 Å². The SMILES string of the molecule is C[Si](C)(C)c1ccc(-c2nc(-c3cccc(-c4ccccc4)c3)nc(-c3cccc(-c4ccc5c(c4)C(c4ccccc4)(c4ccccc4)c4ccccc4-5)c3)n2)cc1. The molecule has 282 valence electrons. The van der Waals surface area contributed by atoms with Gasteiger partial charge in [0.05, 0.1) is 13.5 Å². The van der Waals surface area contributed by atoms with Crippen LogP contribution >= 0.6 is 0 Å². The monoisotopic (exact) mass is 773 g/mol. The van der Waals surface area contributed by atoms with Crippen molar-refractivity contribution in [2.75, 3.05) is 0 Å². The van der Waals surface area contributed by atoms with E-state index in [4.69, 9.17) is 15.0 Å². The van der Waals surface area contributed by atoms with Crippen LogP contribution in [0.4, 0.5) is 0 Å². The summed E-state index contributed by atoms with van der Waals surface area (Å²) in [7, 11) is -1.49. The molecular weight excluding hydrogens is 731 g/mol. The molecule has 0 fully saturated rings. The third-order valence-corrected chi connectivity index (χ3v) is 13.9. The fourth-order valence-electron chi connectivity index (χ4n) is 8.81. The van der Waals surface area contributed by atoms with E-state index in [1.54, 1.807) is 0 Å². The van der Waals surface area contributed by atoms with Crippen molar-refractivity contribution >= 4 is 13.3 Å². The molecule has 1 aliphatic rings. The van der Waals surface area contributed by atoms with E-state index < -0.39 is 13.5 Å². The molecule has 8 aromatic carbocycles. The van der Waals surface area contributed by atoms with Crippen LogP contribution in [0.3, 0.4) is 0 Å². The Bertz CT molecular complexity index is 2910. The number of fused-ring (bicyclic) bond motifs is 3. The second-order valence-electron chi connectivity index (χ2n) is 16.4. The Hall–Kier alpha value is -7.01. The largest absolute Gasteiger partial charge is 0.208 e. The smallest absolute Gasteiger partial charge is 0.164 e. The van der Waals surface area contributed by atoms with Crippen LogP contribution in [-0.2, 0) is 5.41 Å². The summed E-state index contributed by atoms with van der Waals surface area (Å²) < 4.78 is 0. The van der Waals surface area contributed by atoms with Crippen molar-refractivity contribution in [1.82, 2.24) is 15.0 Å². The number of benzene rings is 8. The predicted octanol–water partition coefficient (Wildman–Crippen LogP) is 13.1. The normalized spacial score (nSPS) is 12.8. The minimum absolute atomic E-state index is 0.473. The van der Waals surface area contributed by atoms with E-state index in [-0.39, 0.29) is 0 Å². The maximum Gasteiger partial charge on any atom is 0.164 e. The molecule has 0 N–H and O–H groups in total. The molecule has 0 radical (unpaired) electrons. The lowest BCUT2D eigenvalue weighted by molar-refractivity contribution is 0.769. The van der Waals surface area contributed by atoms with Crippen LogP contribution in [0.1, 0.15) is 22.3 Å². The zero-order valence-corrected chi connectivity index (χ0v) is 34.5. The molecule has 0 saturated heterocycles. The van der Waals surface area contributed by atoms with E-state index >= 15 is 0 Å². The molecule has 1 aliphatic carbocycles. The molecule has 0 aliphatic heterocycles. The van der Waals surface area contributed by atoms with Crippen molar-refractivity contribution in [2.24, 2.45) is 0 Å². The zero-order valence-electron chi connectivity index (χ0n) is 33.5. The first kappa shape index (κ1) is 36.3. The summed E-state index contributed by atoms with van der Waals surface area (Å²) in [5, 5.41) is 1.40. The Kier molecular flexibility index (Phi) is 9.07. The second-order valence-corrected chi connectivity index (χ2v) is 21.5. The van der Waals surface area contributed by atoms with Gasteiger partial charge in [-0.05, 0) is 73.8 Å². The summed E-state index contributed by atoms with van der Waals surface area (Å²) in [4.78, 5) is 15.5. The maximum atomic E-state index is 5.20. The highest BCUT2D eigenvalue weighted by atomic mass is 28.3. The van der Waals surface area contributed by atoms with Crippen LogP contribution < -0.4 is 5.19 Å². The summed E-state index contributed by atoms with van der Waals surface area (Å²) in [5.74, 6) is 1.95. The Morgan fingerprint density at radius 3 is 1.32 bits per heavy atom. The van der Waals surface area contributed by atoms with Gasteiger partial charge in [0.1, 0.15) is 0 Å². The van der Waals surface area contributed by atoms with E-state index in [1.807, 2.05) is 6.07 Å². The molecule has 3 nitrogen and oxygen atoms in total. The molecule has 0 bridgehead atoms. The maximum absolute atomic E-state index is 5.20. The van der Waals surface area contributed by atoms with E-state index in [9.17, 15) is 0 Å². The topological polar surface area (TPSA) is 38.7 Å². The molecule has 10 rings (SSSR count). The van der Waals surface area contributed by atoms with Crippen LogP contribution in [-0.4, -0.2) is 23.0 Å². The Labute approximate surface area is 347 Å². The van der Waals surface area contributed by atoms with Crippen LogP contribution in [0.15, 0.2) is 206 Å². The van der Waals surface area contributed by atoms with Gasteiger partial charge in [0.25, 0.3) is 0 Å². The minimum Gasteiger partial charge on any atom is -0.208 e. The Morgan fingerprint density at radius 1 is 0.322 bits per heavy atom. The van der Waals surface area contributed by atoms with E-state index in [0.717, 1.165) is 38.9 Å². The Balaban J connectivity index is 1.12. The molecule has 0 saturated carbocycles. The molecule has 4 heteroatoms. The number of nitrogens with zero attached hydrogens (tertiary/aromatic N) is 3. The van der Waals surface area contributed by atoms with Crippen LogP contribution in [0.25, 0.3) is 67.5 Å². The molecule has 59 heavy (non-hydrogen) atoms. The van der Waals surface area contributed by atoms with Crippen molar-refractivity contribution in [1.29, 1.82) is 0 Å². The molecule has 1 heterocycles. The first-order chi connectivity index (χ1) is 28.9. The van der Waals surface area contributed by atoms with Gasteiger partial charge in [-0.2, -0.15) is 0 Å². The molecule has 0 atom stereocenters. The molecule has 1 aromatic heterocycles. The molecule has 0 amide bonds. The van der Waals surface area contributed by atoms with Gasteiger partial charge in [0.2, 0.25) is 0 Å². The fourth-order valence-corrected chi connectivity index (χ4v) is 9.98. The van der Waals surface area contributed by atoms with Crippen molar-refractivity contribution in [3.63, 3.8) is 0 Å². The third-order valence-electron chi connectivity index (χ3n) is 11.8. The lowest BCUT2D eigenvalue weighted by atomic mass is 9.67. The summed E-state index contributed by atoms with van der Waals surface area (Å²) in [6.45, 7) is 7.12. The molecular formula is C55H43N3Si. The first-order valence-corrected chi connectivity index (χ1v) is 23.9. The van der Waals surface area contributed by atoms with Gasteiger partial charge in [-0.1, -0.05) is 213 Å². The predicted molar refractivity (Wildman–Crippen MR) is 247 cm³/mol. The quantitative estimate of drug-likeness (QED) is 0.144. The van der Waals surface area contributed by atoms with Crippen LogP contribution in [0.2, 0.25) is 19.6 Å². The van der Waals surface area contributed by atoms with Gasteiger partial charge in [-0.3, -0.25) is 0 Å². The molecule has 9 aromatic rings. The van der Waals surface area contributed by atoms with Gasteiger partial charge < -0.3 is 0 Å². The summed E-state index contributed by atoms with van der Waals surface area (Å²) >= 11 is 0. The van der Waals surface area contributed by atoms with Gasteiger partial charge >= 0.3 is 0 Å². The summed E-state index contributed by atoms with van der Waals surface area (Å²) in [6.07, 6.45) is 0. The highest BCUT2D eigenvalue weighted by Gasteiger charge is 2.46. The standard InChI is InChI=1S/C55H43N3Si/c1-59(2,3)47-32-29-39(30-33-47)52-56-53(43-21-15-19-40(35-43)38-17-7-4-8-18-38)58-54(57-52)44-22-16-20-41(36-44)42-31-34-49-48-27-13-14-28-50(48)55(51(49)37-42,45-23-9-5-10-24-45)46-25-11-6-12-26-46/h4-37H,1-3H3. The van der Waals surface area contributed by atoms with Gasteiger partial charge in [0, 0.05) is 16.7 Å². The van der Waals surface area contributed by atoms with Crippen LogP contribution in [0, 0.1) is 0 Å². The summed E-state index contributed by atoms with van der Waals surface area (Å²) in [6, 6.07) is 74.3.